The van der Waals surface area contributed by atoms with Crippen molar-refractivity contribution in [1.82, 2.24) is 39.8 Å². The van der Waals surface area contributed by atoms with Crippen molar-refractivity contribution < 1.29 is 41.7 Å². The van der Waals surface area contributed by atoms with Crippen molar-refractivity contribution in [2.75, 3.05) is 18.9 Å². The van der Waals surface area contributed by atoms with Gasteiger partial charge in [0, 0.05) is 26.8 Å². The lowest BCUT2D eigenvalue weighted by Crippen LogP contribution is -2.41. The van der Waals surface area contributed by atoms with Crippen LogP contribution in [0.5, 0.6) is 0 Å². The molecule has 3 aromatic heterocycles. The van der Waals surface area contributed by atoms with Gasteiger partial charge in [0.25, 0.3) is 17.8 Å². The monoisotopic (exact) mass is 535 g/mol. The van der Waals surface area contributed by atoms with Gasteiger partial charge in [-0.05, 0) is 0 Å². The number of carbonyl (C=O) groups is 1. The molecule has 0 unspecified atom stereocenters. The standard InChI is InChI=1S/C19H22F5N9O4/c1-18(20,21)6-26-13-9-14(29-17(28-13)33-5-8(30-31-33)3-4-19(22,23)24)32(7-27-9)16-11(35)10(34)12(37-16)15(36)25-2/h5,7,10-12,16,34-35H,3-4,6H2,1-2H3,(H,25,36)(H,26,28,29)/t10-,11+,12-,16+/m0/s1. The molecule has 4 heterocycles. The minimum absolute atomic E-state index is 0.0183. The molecule has 1 saturated heterocycles. The van der Waals surface area contributed by atoms with Gasteiger partial charge in [-0.1, -0.05) is 5.21 Å². The molecule has 0 radical (unpaired) electrons. The van der Waals surface area contributed by atoms with Crippen molar-refractivity contribution in [3.8, 4) is 5.95 Å². The molecule has 3 aromatic rings. The fraction of sp³-hybridized carbons (Fsp3) is 0.579. The number of fused-ring (bicyclic) bond motifs is 1. The van der Waals surface area contributed by atoms with Crippen LogP contribution in [0.2, 0.25) is 0 Å². The molecular weight excluding hydrogens is 513 g/mol. The number of alkyl halides is 5. The number of imidazole rings is 1. The smallest absolute Gasteiger partial charge is 0.387 e. The SMILES string of the molecule is CNC(=O)[C@H]1O[C@@H](n2cnc3c(NCC(C)(F)F)nc(-n4cc(CCC(F)(F)F)nn4)nc32)[C@H](O)[C@@H]1O. The molecule has 0 spiro atoms. The number of likely N-dealkylation sites (N-methyl/N-ethyl adjacent to an activating group) is 1. The highest BCUT2D eigenvalue weighted by Crippen LogP contribution is 2.33. The number of aliphatic hydroxyl groups is 2. The molecule has 1 amide bonds. The Bertz CT molecular complexity index is 1280. The summed E-state index contributed by atoms with van der Waals surface area (Å²) >= 11 is 0. The van der Waals surface area contributed by atoms with Gasteiger partial charge in [0.15, 0.2) is 29.3 Å². The van der Waals surface area contributed by atoms with E-state index in [0.29, 0.717) is 6.92 Å². The van der Waals surface area contributed by atoms with E-state index in [9.17, 15) is 37.0 Å². The summed E-state index contributed by atoms with van der Waals surface area (Å²) in [7, 11) is 1.31. The van der Waals surface area contributed by atoms with Gasteiger partial charge in [-0.25, -0.2) is 13.8 Å². The van der Waals surface area contributed by atoms with Crippen LogP contribution >= 0.6 is 0 Å². The van der Waals surface area contributed by atoms with Crippen LogP contribution < -0.4 is 10.6 Å². The van der Waals surface area contributed by atoms with Crippen molar-refractivity contribution in [3.05, 3.63) is 18.2 Å². The first-order chi connectivity index (χ1) is 17.3. The summed E-state index contributed by atoms with van der Waals surface area (Å²) in [5, 5.41) is 32.9. The van der Waals surface area contributed by atoms with Gasteiger partial charge in [0.1, 0.15) is 12.2 Å². The molecule has 0 aliphatic carbocycles. The Morgan fingerprint density at radius 3 is 2.57 bits per heavy atom. The third kappa shape index (κ3) is 5.75. The normalized spacial score (nSPS) is 22.5. The molecule has 4 rings (SSSR count). The minimum atomic E-state index is -4.41. The van der Waals surface area contributed by atoms with E-state index in [4.69, 9.17) is 4.74 Å². The Morgan fingerprint density at radius 2 is 1.92 bits per heavy atom. The van der Waals surface area contributed by atoms with E-state index in [1.54, 1.807) is 0 Å². The van der Waals surface area contributed by atoms with Crippen LogP contribution in [0.25, 0.3) is 17.1 Å². The number of amides is 1. The number of ether oxygens (including phenoxy) is 1. The van der Waals surface area contributed by atoms with Crippen molar-refractivity contribution in [2.24, 2.45) is 0 Å². The van der Waals surface area contributed by atoms with Gasteiger partial charge >= 0.3 is 6.18 Å². The summed E-state index contributed by atoms with van der Waals surface area (Å²) in [6.07, 6.45) is -9.70. The zero-order valence-electron chi connectivity index (χ0n) is 19.3. The summed E-state index contributed by atoms with van der Waals surface area (Å²) in [4.78, 5) is 24.5. The second-order valence-electron chi connectivity index (χ2n) is 8.43. The highest BCUT2D eigenvalue weighted by Gasteiger charge is 2.47. The maximum atomic E-state index is 13.5. The third-order valence-electron chi connectivity index (χ3n) is 5.40. The molecule has 0 aromatic carbocycles. The molecule has 0 bridgehead atoms. The van der Waals surface area contributed by atoms with Crippen molar-refractivity contribution >= 4 is 22.9 Å². The number of hydrogen-bond donors (Lipinski definition) is 4. The molecule has 1 fully saturated rings. The lowest BCUT2D eigenvalue weighted by Gasteiger charge is -2.17. The molecule has 18 heteroatoms. The van der Waals surface area contributed by atoms with Crippen LogP contribution in [0.15, 0.2) is 12.5 Å². The van der Waals surface area contributed by atoms with E-state index in [1.807, 2.05) is 0 Å². The number of hydrogen-bond acceptors (Lipinski definition) is 10. The molecule has 0 saturated carbocycles. The van der Waals surface area contributed by atoms with Gasteiger partial charge in [-0.3, -0.25) is 9.36 Å². The quantitative estimate of drug-likeness (QED) is 0.296. The van der Waals surface area contributed by atoms with Gasteiger partial charge in [0.05, 0.1) is 24.8 Å². The number of aryl methyl sites for hydroxylation is 1. The van der Waals surface area contributed by atoms with Gasteiger partial charge < -0.3 is 25.6 Å². The van der Waals surface area contributed by atoms with Gasteiger partial charge in [-0.15, -0.1) is 5.10 Å². The summed E-state index contributed by atoms with van der Waals surface area (Å²) < 4.78 is 72.4. The van der Waals surface area contributed by atoms with Crippen molar-refractivity contribution in [3.63, 3.8) is 0 Å². The van der Waals surface area contributed by atoms with Crippen molar-refractivity contribution in [1.29, 1.82) is 0 Å². The Morgan fingerprint density at radius 1 is 1.19 bits per heavy atom. The zero-order valence-corrected chi connectivity index (χ0v) is 19.3. The largest absolute Gasteiger partial charge is 0.389 e. The minimum Gasteiger partial charge on any atom is -0.387 e. The van der Waals surface area contributed by atoms with E-state index in [2.05, 4.69) is 35.9 Å². The van der Waals surface area contributed by atoms with E-state index in [-0.39, 0.29) is 28.6 Å². The third-order valence-corrected chi connectivity index (χ3v) is 5.40. The first-order valence-corrected chi connectivity index (χ1v) is 10.9. The average Bonchev–Trinajstić information content (AvgIpc) is 3.53. The van der Waals surface area contributed by atoms with Crippen LogP contribution in [0, 0.1) is 0 Å². The molecule has 4 N–H and O–H groups in total. The number of nitrogens with zero attached hydrogens (tertiary/aromatic N) is 7. The highest BCUT2D eigenvalue weighted by atomic mass is 19.4. The summed E-state index contributed by atoms with van der Waals surface area (Å²) in [6.45, 7) is -0.176. The van der Waals surface area contributed by atoms with Crippen LogP contribution in [0.3, 0.4) is 0 Å². The van der Waals surface area contributed by atoms with Gasteiger partial charge in [-0.2, -0.15) is 27.8 Å². The Kier molecular flexibility index (Phi) is 6.99. The Labute approximate surface area is 204 Å². The van der Waals surface area contributed by atoms with Crippen LogP contribution in [-0.2, 0) is 16.0 Å². The topological polar surface area (TPSA) is 165 Å². The maximum Gasteiger partial charge on any atom is 0.389 e. The fourth-order valence-corrected chi connectivity index (χ4v) is 3.58. The van der Waals surface area contributed by atoms with Crippen LogP contribution in [0.1, 0.15) is 25.3 Å². The average molecular weight is 535 g/mol. The molecule has 4 atom stereocenters. The zero-order chi connectivity index (χ0) is 27.1. The molecule has 37 heavy (non-hydrogen) atoms. The van der Waals surface area contributed by atoms with Gasteiger partial charge in [0.2, 0.25) is 0 Å². The predicted octanol–water partition coefficient (Wildman–Crippen LogP) is 0.334. The van der Waals surface area contributed by atoms with E-state index >= 15 is 0 Å². The lowest BCUT2D eigenvalue weighted by atomic mass is 10.1. The van der Waals surface area contributed by atoms with E-state index < -0.39 is 61.9 Å². The number of anilines is 1. The van der Waals surface area contributed by atoms with Crippen LogP contribution in [-0.4, -0.2) is 94.6 Å². The summed E-state index contributed by atoms with van der Waals surface area (Å²) in [6, 6.07) is 0. The second kappa shape index (κ2) is 9.75. The molecule has 202 valence electrons. The van der Waals surface area contributed by atoms with E-state index in [0.717, 1.165) is 21.8 Å². The second-order valence-corrected chi connectivity index (χ2v) is 8.43. The fourth-order valence-electron chi connectivity index (χ4n) is 3.58. The number of rotatable bonds is 8. The van der Waals surface area contributed by atoms with E-state index in [1.165, 1.54) is 7.05 Å². The molecular formula is C19H22F5N9O4. The van der Waals surface area contributed by atoms with Crippen molar-refractivity contribution in [2.45, 2.75) is 56.4 Å². The number of nitrogens with one attached hydrogen (secondary N) is 2. The number of carbonyl (C=O) groups excluding carboxylic acids is 1. The molecule has 1 aliphatic heterocycles. The number of aliphatic hydroxyl groups excluding tert-OH is 2. The molecule has 13 nitrogen and oxygen atoms in total. The predicted molar refractivity (Wildman–Crippen MR) is 114 cm³/mol. The number of aromatic nitrogens is 7. The van der Waals surface area contributed by atoms with Crippen LogP contribution in [0.4, 0.5) is 27.8 Å². The maximum absolute atomic E-state index is 13.5. The summed E-state index contributed by atoms with van der Waals surface area (Å²) in [5.74, 6) is -4.29. The highest BCUT2D eigenvalue weighted by molar-refractivity contribution is 5.84. The number of halogens is 5. The first kappa shape index (κ1) is 26.6. The first-order valence-electron chi connectivity index (χ1n) is 10.9. The lowest BCUT2D eigenvalue weighted by molar-refractivity contribution is -0.137. The molecule has 1 aliphatic rings. The Hall–Kier alpha value is -3.51. The Balaban J connectivity index is 1.74. The summed E-state index contributed by atoms with van der Waals surface area (Å²) in [5.41, 5.74) is -0.123.